The average molecular weight is 348 g/mol. The molecule has 5 nitrogen and oxygen atoms in total. The van der Waals surface area contributed by atoms with Crippen LogP contribution in [0.5, 0.6) is 0 Å². The molecule has 7 heteroatoms. The molecule has 24 heavy (non-hydrogen) atoms. The van der Waals surface area contributed by atoms with Gasteiger partial charge >= 0.3 is 0 Å². The molecule has 0 saturated carbocycles. The Hall–Kier alpha value is -2.41. The quantitative estimate of drug-likeness (QED) is 0.924. The predicted octanol–water partition coefficient (Wildman–Crippen LogP) is 2.93. The zero-order valence-corrected chi connectivity index (χ0v) is 13.9. The molecule has 2 aromatic rings. The minimum absolute atomic E-state index is 0.0403. The number of nitrogens with one attached hydrogen (secondary N) is 1. The Morgan fingerprint density at radius 3 is 2.67 bits per heavy atom. The second kappa shape index (κ2) is 6.24. The first-order valence-corrected chi connectivity index (χ1v) is 9.10. The summed E-state index contributed by atoms with van der Waals surface area (Å²) in [5.41, 5.74) is 1.73. The van der Waals surface area contributed by atoms with E-state index in [1.165, 1.54) is 24.3 Å². The van der Waals surface area contributed by atoms with Crippen LogP contribution in [0.3, 0.4) is 0 Å². The van der Waals surface area contributed by atoms with Gasteiger partial charge in [0, 0.05) is 18.7 Å². The summed E-state index contributed by atoms with van der Waals surface area (Å²) in [5.74, 6) is -0.476. The third-order valence-corrected chi connectivity index (χ3v) is 5.33. The molecular formula is C17H17FN2O3S. The molecule has 1 aliphatic heterocycles. The summed E-state index contributed by atoms with van der Waals surface area (Å²) in [4.78, 5) is 13.6. The summed E-state index contributed by atoms with van der Waals surface area (Å²) in [6, 6.07) is 9.96. The van der Waals surface area contributed by atoms with E-state index >= 15 is 0 Å². The summed E-state index contributed by atoms with van der Waals surface area (Å²) in [6.45, 7) is 2.42. The normalized spacial score (nSPS) is 14.4. The number of aryl methyl sites for hydroxylation is 1. The maximum atomic E-state index is 13.2. The molecule has 0 bridgehead atoms. The van der Waals surface area contributed by atoms with Crippen molar-refractivity contribution in [1.29, 1.82) is 0 Å². The van der Waals surface area contributed by atoms with Gasteiger partial charge in [-0.25, -0.2) is 12.8 Å². The van der Waals surface area contributed by atoms with E-state index in [4.69, 9.17) is 0 Å². The first-order valence-electron chi connectivity index (χ1n) is 7.62. The molecule has 1 N–H and O–H groups in total. The number of amides is 1. The lowest BCUT2D eigenvalue weighted by Crippen LogP contribution is -2.34. The van der Waals surface area contributed by atoms with Crippen molar-refractivity contribution in [2.24, 2.45) is 0 Å². The molecule has 0 aromatic heterocycles. The maximum Gasteiger partial charge on any atom is 0.261 e. The van der Waals surface area contributed by atoms with E-state index in [2.05, 4.69) is 4.72 Å². The SMILES string of the molecule is CCN1C(=O)CCc2cc(S(=O)(=O)Nc3cccc(F)c3)ccc21. The fourth-order valence-electron chi connectivity index (χ4n) is 2.82. The molecular weight excluding hydrogens is 331 g/mol. The van der Waals surface area contributed by atoms with E-state index in [0.29, 0.717) is 19.4 Å². The lowest BCUT2D eigenvalue weighted by Gasteiger charge is -2.28. The van der Waals surface area contributed by atoms with E-state index in [1.54, 1.807) is 17.0 Å². The third-order valence-electron chi connectivity index (χ3n) is 3.95. The number of halogens is 1. The summed E-state index contributed by atoms with van der Waals surface area (Å²) >= 11 is 0. The van der Waals surface area contributed by atoms with Crippen LogP contribution in [0, 0.1) is 5.82 Å². The minimum atomic E-state index is -3.82. The fourth-order valence-corrected chi connectivity index (χ4v) is 3.92. The lowest BCUT2D eigenvalue weighted by atomic mass is 10.0. The summed E-state index contributed by atoms with van der Waals surface area (Å²) in [5, 5.41) is 0. The highest BCUT2D eigenvalue weighted by atomic mass is 32.2. The summed E-state index contributed by atoms with van der Waals surface area (Å²) in [7, 11) is -3.82. The van der Waals surface area contributed by atoms with Crippen LogP contribution in [-0.2, 0) is 21.2 Å². The molecule has 126 valence electrons. The van der Waals surface area contributed by atoms with Crippen molar-refractivity contribution in [3.63, 3.8) is 0 Å². The molecule has 0 fully saturated rings. The first-order chi connectivity index (χ1) is 11.4. The number of hydrogen-bond donors (Lipinski definition) is 1. The van der Waals surface area contributed by atoms with Gasteiger partial charge in [-0.2, -0.15) is 0 Å². The van der Waals surface area contributed by atoms with Crippen molar-refractivity contribution in [3.05, 3.63) is 53.8 Å². The van der Waals surface area contributed by atoms with Crippen molar-refractivity contribution in [3.8, 4) is 0 Å². The largest absolute Gasteiger partial charge is 0.312 e. The molecule has 0 atom stereocenters. The van der Waals surface area contributed by atoms with Crippen molar-refractivity contribution in [2.75, 3.05) is 16.2 Å². The Bertz CT molecular complexity index is 896. The van der Waals surface area contributed by atoms with Crippen LogP contribution < -0.4 is 9.62 Å². The monoisotopic (exact) mass is 348 g/mol. The highest BCUT2D eigenvalue weighted by Crippen LogP contribution is 2.30. The van der Waals surface area contributed by atoms with Crippen LogP contribution in [0.25, 0.3) is 0 Å². The van der Waals surface area contributed by atoms with Gasteiger partial charge in [-0.05, 0) is 55.3 Å². The molecule has 0 radical (unpaired) electrons. The number of nitrogens with zero attached hydrogens (tertiary/aromatic N) is 1. The maximum absolute atomic E-state index is 13.2. The fraction of sp³-hybridized carbons (Fsp3) is 0.235. The van der Waals surface area contributed by atoms with Crippen LogP contribution in [0.1, 0.15) is 18.9 Å². The summed E-state index contributed by atoms with van der Waals surface area (Å²) < 4.78 is 40.6. The Morgan fingerprint density at radius 2 is 1.96 bits per heavy atom. The highest BCUT2D eigenvalue weighted by Gasteiger charge is 2.25. The number of hydrogen-bond acceptors (Lipinski definition) is 3. The van der Waals surface area contributed by atoms with Crippen molar-refractivity contribution in [1.82, 2.24) is 0 Å². The van der Waals surface area contributed by atoms with E-state index in [0.717, 1.165) is 17.3 Å². The van der Waals surface area contributed by atoms with Crippen LogP contribution in [0.15, 0.2) is 47.4 Å². The van der Waals surface area contributed by atoms with Crippen molar-refractivity contribution < 1.29 is 17.6 Å². The first kappa shape index (κ1) is 16.4. The zero-order chi connectivity index (χ0) is 17.3. The molecule has 2 aromatic carbocycles. The standard InChI is InChI=1S/C17H17FN2O3S/c1-2-20-16-8-7-15(10-12(16)6-9-17(20)21)24(22,23)19-14-5-3-4-13(18)11-14/h3-5,7-8,10-11,19H,2,6,9H2,1H3. The second-order valence-corrected chi connectivity index (χ2v) is 7.23. The van der Waals surface area contributed by atoms with Crippen LogP contribution >= 0.6 is 0 Å². The highest BCUT2D eigenvalue weighted by molar-refractivity contribution is 7.92. The van der Waals surface area contributed by atoms with Crippen LogP contribution in [-0.4, -0.2) is 20.9 Å². The molecule has 0 spiro atoms. The number of sulfonamides is 1. The number of carbonyl (C=O) groups is 1. The molecule has 1 amide bonds. The Morgan fingerprint density at radius 1 is 1.17 bits per heavy atom. The zero-order valence-electron chi connectivity index (χ0n) is 13.1. The van der Waals surface area contributed by atoms with Crippen LogP contribution in [0.4, 0.5) is 15.8 Å². The molecule has 0 unspecified atom stereocenters. The number of benzene rings is 2. The van der Waals surface area contributed by atoms with E-state index < -0.39 is 15.8 Å². The van der Waals surface area contributed by atoms with E-state index in [1.807, 2.05) is 6.92 Å². The smallest absolute Gasteiger partial charge is 0.261 e. The van der Waals surface area contributed by atoms with Gasteiger partial charge in [-0.1, -0.05) is 6.07 Å². The molecule has 1 heterocycles. The second-order valence-electron chi connectivity index (χ2n) is 5.54. The van der Waals surface area contributed by atoms with E-state index in [9.17, 15) is 17.6 Å². The number of fused-ring (bicyclic) bond motifs is 1. The van der Waals surface area contributed by atoms with Gasteiger partial charge in [0.15, 0.2) is 0 Å². The average Bonchev–Trinajstić information content (AvgIpc) is 2.54. The minimum Gasteiger partial charge on any atom is -0.312 e. The van der Waals surface area contributed by atoms with Gasteiger partial charge in [0.25, 0.3) is 10.0 Å². The molecule has 0 aliphatic carbocycles. The number of rotatable bonds is 4. The molecule has 1 aliphatic rings. The number of anilines is 2. The Balaban J connectivity index is 1.94. The van der Waals surface area contributed by atoms with Gasteiger partial charge in [-0.15, -0.1) is 0 Å². The molecule has 3 rings (SSSR count). The van der Waals surface area contributed by atoms with Gasteiger partial charge in [0.2, 0.25) is 5.91 Å². The van der Waals surface area contributed by atoms with Gasteiger partial charge in [-0.3, -0.25) is 9.52 Å². The van der Waals surface area contributed by atoms with Crippen molar-refractivity contribution >= 4 is 27.3 Å². The van der Waals surface area contributed by atoms with E-state index in [-0.39, 0.29) is 16.5 Å². The van der Waals surface area contributed by atoms with Crippen LogP contribution in [0.2, 0.25) is 0 Å². The predicted molar refractivity (Wildman–Crippen MR) is 90.0 cm³/mol. The summed E-state index contributed by atoms with van der Waals surface area (Å²) in [6.07, 6.45) is 0.871. The Kier molecular flexibility index (Phi) is 4.28. The third kappa shape index (κ3) is 3.12. The molecule has 0 saturated heterocycles. The van der Waals surface area contributed by atoms with Crippen molar-refractivity contribution in [2.45, 2.75) is 24.7 Å². The van der Waals surface area contributed by atoms with Gasteiger partial charge in [0.05, 0.1) is 10.6 Å². The lowest BCUT2D eigenvalue weighted by molar-refractivity contribution is -0.118. The number of carbonyl (C=O) groups excluding carboxylic acids is 1. The van der Waals surface area contributed by atoms with Gasteiger partial charge in [0.1, 0.15) is 5.82 Å². The topological polar surface area (TPSA) is 66.5 Å². The Labute approximate surface area is 140 Å². The van der Waals surface area contributed by atoms with Gasteiger partial charge < -0.3 is 4.90 Å².